The fourth-order valence-corrected chi connectivity index (χ4v) is 4.78. The molecule has 2 aliphatic carbocycles. The van der Waals surface area contributed by atoms with Gasteiger partial charge in [0.25, 0.3) is 0 Å². The van der Waals surface area contributed by atoms with Crippen LogP contribution in [0.5, 0.6) is 5.75 Å². The minimum Gasteiger partial charge on any atom is -0.490 e. The summed E-state index contributed by atoms with van der Waals surface area (Å²) in [7, 11) is 0. The first kappa shape index (κ1) is 20.9. The van der Waals surface area contributed by atoms with Gasteiger partial charge in [0.1, 0.15) is 11.9 Å². The van der Waals surface area contributed by atoms with Crippen molar-refractivity contribution in [3.8, 4) is 5.75 Å². The molecule has 2 fully saturated rings. The highest BCUT2D eigenvalue weighted by atomic mass is 19.3. The second kappa shape index (κ2) is 8.53. The van der Waals surface area contributed by atoms with Crippen molar-refractivity contribution < 1.29 is 18.3 Å². The van der Waals surface area contributed by atoms with E-state index in [0.717, 1.165) is 30.6 Å². The number of hydrogen-bond acceptors (Lipinski definition) is 2. The topological polar surface area (TPSA) is 29.5 Å². The molecule has 5 heteroatoms. The average molecular weight is 436 g/mol. The molecule has 1 saturated carbocycles. The molecule has 0 unspecified atom stereocenters. The van der Waals surface area contributed by atoms with Crippen molar-refractivity contribution in [2.75, 3.05) is 13.1 Å². The van der Waals surface area contributed by atoms with E-state index in [0.29, 0.717) is 13.1 Å². The average Bonchev–Trinajstić information content (AvgIpc) is 3.00. The maximum atomic E-state index is 13.1. The van der Waals surface area contributed by atoms with E-state index in [-0.39, 0.29) is 24.9 Å². The minimum absolute atomic E-state index is 0.0385. The van der Waals surface area contributed by atoms with Crippen LogP contribution >= 0.6 is 0 Å². The van der Waals surface area contributed by atoms with Crippen molar-refractivity contribution in [1.82, 2.24) is 4.90 Å². The Morgan fingerprint density at radius 2 is 1.72 bits per heavy atom. The predicted octanol–water partition coefficient (Wildman–Crippen LogP) is 5.75. The van der Waals surface area contributed by atoms with Crippen LogP contribution in [0.2, 0.25) is 0 Å². The molecule has 0 radical (unpaired) electrons. The van der Waals surface area contributed by atoms with Gasteiger partial charge in [-0.1, -0.05) is 48.6 Å². The Kier molecular flexibility index (Phi) is 5.58. The summed E-state index contributed by atoms with van der Waals surface area (Å²) in [5, 5.41) is 0. The Morgan fingerprint density at radius 3 is 2.44 bits per heavy atom. The molecule has 0 atom stereocenters. The summed E-state index contributed by atoms with van der Waals surface area (Å²) in [5.74, 6) is -2.46. The molecule has 1 saturated heterocycles. The maximum Gasteiger partial charge on any atom is 0.249 e. The molecular weight excluding hydrogens is 408 g/mol. The van der Waals surface area contributed by atoms with Gasteiger partial charge in [-0.3, -0.25) is 4.79 Å². The summed E-state index contributed by atoms with van der Waals surface area (Å²) in [6, 6.07) is 16.6. The van der Waals surface area contributed by atoms with Crippen LogP contribution in [0.4, 0.5) is 8.78 Å². The molecule has 0 spiro atoms. The Hall–Kier alpha value is -2.95. The van der Waals surface area contributed by atoms with Crippen molar-refractivity contribution in [2.24, 2.45) is 5.92 Å². The second-order valence-corrected chi connectivity index (χ2v) is 9.03. The molecule has 3 nitrogen and oxygen atoms in total. The number of likely N-dealkylation sites (tertiary alicyclic amines) is 1. The van der Waals surface area contributed by atoms with Crippen LogP contribution in [0.1, 0.15) is 42.4 Å². The number of amides is 1. The highest BCUT2D eigenvalue weighted by Gasteiger charge is 2.50. The lowest BCUT2D eigenvalue weighted by molar-refractivity contribution is -0.161. The lowest BCUT2D eigenvalue weighted by atomic mass is 9.80. The lowest BCUT2D eigenvalue weighted by Gasteiger charge is -2.39. The molecule has 32 heavy (non-hydrogen) atoms. The molecule has 0 bridgehead atoms. The Bertz CT molecular complexity index is 1040. The van der Waals surface area contributed by atoms with Gasteiger partial charge in [-0.2, -0.15) is 0 Å². The van der Waals surface area contributed by atoms with Gasteiger partial charge in [0.05, 0.1) is 0 Å². The van der Waals surface area contributed by atoms with Crippen LogP contribution in [0.15, 0.2) is 60.7 Å². The van der Waals surface area contributed by atoms with E-state index in [1.165, 1.54) is 16.7 Å². The standard InChI is InChI=1S/C27H27F2NO2/c28-27(29)17-23(18-27)26(31)30-14-12-25(13-15-30)32-24-10-8-20(9-11-24)22-7-3-6-19-4-1-2-5-21(19)16-22/h1-5,7-11,16,23,25H,6,12-15,17-18H2. The third-order valence-corrected chi connectivity index (χ3v) is 6.68. The summed E-state index contributed by atoms with van der Waals surface area (Å²) < 4.78 is 32.3. The zero-order valence-corrected chi connectivity index (χ0v) is 18.0. The van der Waals surface area contributed by atoms with Crippen LogP contribution in [-0.2, 0) is 11.2 Å². The third kappa shape index (κ3) is 4.47. The van der Waals surface area contributed by atoms with Crippen LogP contribution in [0, 0.1) is 5.92 Å². The van der Waals surface area contributed by atoms with E-state index in [1.54, 1.807) is 4.90 Å². The number of carbonyl (C=O) groups is 1. The van der Waals surface area contributed by atoms with E-state index in [9.17, 15) is 13.6 Å². The molecule has 1 aliphatic heterocycles. The van der Waals surface area contributed by atoms with Crippen LogP contribution < -0.4 is 4.74 Å². The van der Waals surface area contributed by atoms with E-state index in [4.69, 9.17) is 4.74 Å². The summed E-state index contributed by atoms with van der Waals surface area (Å²) in [4.78, 5) is 14.1. The molecule has 2 aromatic carbocycles. The van der Waals surface area contributed by atoms with Crippen molar-refractivity contribution in [3.05, 3.63) is 77.4 Å². The number of benzene rings is 2. The normalized spacial score (nSPS) is 20.7. The number of ether oxygens (including phenoxy) is 1. The lowest BCUT2D eigenvalue weighted by Crippen LogP contribution is -2.50. The monoisotopic (exact) mass is 435 g/mol. The van der Waals surface area contributed by atoms with Crippen molar-refractivity contribution in [3.63, 3.8) is 0 Å². The van der Waals surface area contributed by atoms with E-state index < -0.39 is 11.8 Å². The summed E-state index contributed by atoms with van der Waals surface area (Å²) in [6.45, 7) is 1.14. The van der Waals surface area contributed by atoms with Crippen LogP contribution in [0.3, 0.4) is 0 Å². The summed E-state index contributed by atoms with van der Waals surface area (Å²) in [6.07, 6.45) is 8.40. The molecule has 1 heterocycles. The fourth-order valence-electron chi connectivity index (χ4n) is 4.78. The second-order valence-electron chi connectivity index (χ2n) is 9.03. The highest BCUT2D eigenvalue weighted by Crippen LogP contribution is 2.43. The van der Waals surface area contributed by atoms with Crippen molar-refractivity contribution in [2.45, 2.75) is 44.1 Å². The third-order valence-electron chi connectivity index (χ3n) is 6.68. The molecule has 166 valence electrons. The van der Waals surface area contributed by atoms with Gasteiger partial charge in [-0.15, -0.1) is 0 Å². The Labute approximate surface area is 187 Å². The highest BCUT2D eigenvalue weighted by molar-refractivity contribution is 5.89. The first-order valence-corrected chi connectivity index (χ1v) is 11.4. The molecule has 1 amide bonds. The predicted molar refractivity (Wildman–Crippen MR) is 122 cm³/mol. The number of hydrogen-bond donors (Lipinski definition) is 0. The van der Waals surface area contributed by atoms with Gasteiger partial charge in [0.15, 0.2) is 0 Å². The van der Waals surface area contributed by atoms with Gasteiger partial charge < -0.3 is 9.64 Å². The quantitative estimate of drug-likeness (QED) is 0.612. The zero-order valence-electron chi connectivity index (χ0n) is 18.0. The van der Waals surface area contributed by atoms with E-state index >= 15 is 0 Å². The fraction of sp³-hybridized carbons (Fsp3) is 0.370. The van der Waals surface area contributed by atoms with Gasteiger partial charge >= 0.3 is 0 Å². The van der Waals surface area contributed by atoms with E-state index in [2.05, 4.69) is 54.6 Å². The molecule has 5 rings (SSSR count). The Balaban J connectivity index is 1.17. The number of nitrogens with zero attached hydrogens (tertiary/aromatic N) is 1. The molecule has 3 aliphatic rings. The first-order valence-electron chi connectivity index (χ1n) is 11.4. The van der Waals surface area contributed by atoms with Crippen molar-refractivity contribution in [1.29, 1.82) is 0 Å². The smallest absolute Gasteiger partial charge is 0.249 e. The number of carbonyl (C=O) groups excluding carboxylic acids is 1. The molecule has 0 aromatic heterocycles. The van der Waals surface area contributed by atoms with Gasteiger partial charge in [0, 0.05) is 44.7 Å². The molecule has 0 N–H and O–H groups in total. The number of halogens is 2. The van der Waals surface area contributed by atoms with E-state index in [1.807, 2.05) is 12.1 Å². The number of alkyl halides is 2. The number of fused-ring (bicyclic) bond motifs is 1. The molecule has 2 aromatic rings. The SMILES string of the molecule is O=C(C1CC(F)(F)C1)N1CCC(Oc2ccc(C3=Cc4ccccc4CC=C3)cc2)CC1. The first-order chi connectivity index (χ1) is 15.5. The number of piperidine rings is 1. The van der Waals surface area contributed by atoms with Crippen LogP contribution in [-0.4, -0.2) is 35.9 Å². The zero-order chi connectivity index (χ0) is 22.1. The summed E-state index contributed by atoms with van der Waals surface area (Å²) >= 11 is 0. The van der Waals surface area contributed by atoms with Gasteiger partial charge in [0.2, 0.25) is 11.8 Å². The van der Waals surface area contributed by atoms with Crippen LogP contribution in [0.25, 0.3) is 11.6 Å². The van der Waals surface area contributed by atoms with Gasteiger partial charge in [-0.05, 0) is 46.9 Å². The Morgan fingerprint density at radius 1 is 1.00 bits per heavy atom. The van der Waals surface area contributed by atoms with Gasteiger partial charge in [-0.25, -0.2) is 8.78 Å². The largest absolute Gasteiger partial charge is 0.490 e. The van der Waals surface area contributed by atoms with Crippen molar-refractivity contribution >= 4 is 17.6 Å². The number of allylic oxidation sites excluding steroid dienone is 3. The molecular formula is C27H27F2NO2. The maximum absolute atomic E-state index is 13.1. The summed E-state index contributed by atoms with van der Waals surface area (Å²) in [5.41, 5.74) is 4.90. The number of rotatable bonds is 4. The minimum atomic E-state index is -2.65.